The molecule has 4 nitrogen and oxygen atoms in total. The molecule has 0 saturated carbocycles. The Morgan fingerprint density at radius 1 is 0.722 bits per heavy atom. The molecule has 4 aromatic rings. The molecule has 5 rings (SSSR count). The third-order valence-electron chi connectivity index (χ3n) is 7.07. The van der Waals surface area contributed by atoms with Gasteiger partial charge in [-0.05, 0) is 104 Å². The third-order valence-corrected chi connectivity index (χ3v) is 7.07. The van der Waals surface area contributed by atoms with Crippen LogP contribution in [-0.4, -0.2) is 38.8 Å². The molecule has 0 spiro atoms. The van der Waals surface area contributed by atoms with Crippen LogP contribution in [-0.2, 0) is 6.42 Å². The van der Waals surface area contributed by atoms with Crippen LogP contribution in [0.4, 0.5) is 0 Å². The predicted octanol–water partition coefficient (Wildman–Crippen LogP) is 7.73. The van der Waals surface area contributed by atoms with Crippen LogP contribution < -0.4 is 14.2 Å². The predicted molar refractivity (Wildman–Crippen MR) is 148 cm³/mol. The second kappa shape index (κ2) is 11.5. The molecule has 1 heterocycles. The van der Waals surface area contributed by atoms with E-state index in [1.807, 2.05) is 42.5 Å². The highest BCUT2D eigenvalue weighted by Crippen LogP contribution is 2.44. The normalized spacial score (nSPS) is 14.1. The number of hydrogen-bond acceptors (Lipinski definition) is 4. The summed E-state index contributed by atoms with van der Waals surface area (Å²) in [5, 5.41) is 2.19. The topological polar surface area (TPSA) is 30.9 Å². The molecule has 0 aromatic heterocycles. The standard InChI is InChI=1S/C32H35NO3/c1-34-28-15-9-11-25(22-28)31-24(12-10-20-33-18-7-4-8-19-33)21-26-23-29(35-2)16-17-30(26)32(31)36-27-13-5-3-6-14-27/h3,5-6,9,11,13-17,21-23H,4,7-8,10,12,18-20H2,1-2H3. The minimum atomic E-state index is 0.823. The lowest BCUT2D eigenvalue weighted by molar-refractivity contribution is 0.226. The number of fused-ring (bicyclic) bond motifs is 1. The molecule has 4 aromatic carbocycles. The van der Waals surface area contributed by atoms with E-state index in [-0.39, 0.29) is 0 Å². The molecule has 1 aliphatic heterocycles. The van der Waals surface area contributed by atoms with Crippen LogP contribution in [0.25, 0.3) is 21.9 Å². The summed E-state index contributed by atoms with van der Waals surface area (Å²) in [6, 6.07) is 26.9. The first kappa shape index (κ1) is 24.2. The Bertz CT molecular complexity index is 1300. The second-order valence-corrected chi connectivity index (χ2v) is 9.48. The van der Waals surface area contributed by atoms with Gasteiger partial charge in [-0.3, -0.25) is 0 Å². The SMILES string of the molecule is COc1cccc(-c2c(CCCN3CCCCC3)cc3cc(OC)ccc3c2Oc2ccccc2)c1. The molecular formula is C32H35NO3. The molecule has 0 amide bonds. The number of para-hydroxylation sites is 1. The van der Waals surface area contributed by atoms with Crippen molar-refractivity contribution in [2.45, 2.75) is 32.1 Å². The summed E-state index contributed by atoms with van der Waals surface area (Å²) in [5.74, 6) is 3.39. The third kappa shape index (κ3) is 5.50. The van der Waals surface area contributed by atoms with Gasteiger partial charge in [0.2, 0.25) is 0 Å². The summed E-state index contributed by atoms with van der Waals surface area (Å²) < 4.78 is 17.8. The Kier molecular flexibility index (Phi) is 7.73. The van der Waals surface area contributed by atoms with Gasteiger partial charge < -0.3 is 19.1 Å². The summed E-state index contributed by atoms with van der Waals surface area (Å²) >= 11 is 0. The van der Waals surface area contributed by atoms with Crippen LogP contribution in [0.2, 0.25) is 0 Å². The lowest BCUT2D eigenvalue weighted by Crippen LogP contribution is -2.30. The zero-order valence-electron chi connectivity index (χ0n) is 21.3. The van der Waals surface area contributed by atoms with Gasteiger partial charge in [0.05, 0.1) is 14.2 Å². The van der Waals surface area contributed by atoms with Crippen LogP contribution >= 0.6 is 0 Å². The molecule has 36 heavy (non-hydrogen) atoms. The van der Waals surface area contributed by atoms with Crippen molar-refractivity contribution in [2.75, 3.05) is 33.9 Å². The fourth-order valence-corrected chi connectivity index (χ4v) is 5.22. The summed E-state index contributed by atoms with van der Waals surface area (Å²) in [7, 11) is 3.43. The van der Waals surface area contributed by atoms with Gasteiger partial charge in [-0.1, -0.05) is 42.8 Å². The van der Waals surface area contributed by atoms with Gasteiger partial charge in [-0.2, -0.15) is 0 Å². The van der Waals surface area contributed by atoms with Crippen molar-refractivity contribution < 1.29 is 14.2 Å². The molecule has 0 radical (unpaired) electrons. The molecule has 0 unspecified atom stereocenters. The number of aryl methyl sites for hydroxylation is 1. The molecule has 186 valence electrons. The van der Waals surface area contributed by atoms with E-state index in [4.69, 9.17) is 14.2 Å². The Morgan fingerprint density at radius 3 is 2.25 bits per heavy atom. The Balaban J connectivity index is 1.63. The highest BCUT2D eigenvalue weighted by molar-refractivity contribution is 5.98. The van der Waals surface area contributed by atoms with Crippen molar-refractivity contribution in [3.63, 3.8) is 0 Å². The van der Waals surface area contributed by atoms with E-state index in [2.05, 4.69) is 41.3 Å². The maximum Gasteiger partial charge on any atom is 0.143 e. The highest BCUT2D eigenvalue weighted by Gasteiger charge is 2.19. The highest BCUT2D eigenvalue weighted by atomic mass is 16.5. The number of rotatable bonds is 9. The molecule has 4 heteroatoms. The number of ether oxygens (including phenoxy) is 3. The molecule has 0 aliphatic carbocycles. The van der Waals surface area contributed by atoms with Crippen molar-refractivity contribution >= 4 is 10.8 Å². The van der Waals surface area contributed by atoms with Crippen LogP contribution in [0.5, 0.6) is 23.0 Å². The molecular weight excluding hydrogens is 446 g/mol. The lowest BCUT2D eigenvalue weighted by atomic mass is 9.91. The minimum absolute atomic E-state index is 0.823. The summed E-state index contributed by atoms with van der Waals surface area (Å²) in [5.41, 5.74) is 3.52. The first-order valence-electron chi connectivity index (χ1n) is 13.0. The molecule has 0 bridgehead atoms. The van der Waals surface area contributed by atoms with Crippen molar-refractivity contribution in [1.29, 1.82) is 0 Å². The molecule has 0 N–H and O–H groups in total. The van der Waals surface area contributed by atoms with Gasteiger partial charge >= 0.3 is 0 Å². The minimum Gasteiger partial charge on any atom is -0.497 e. The number of hydrogen-bond donors (Lipinski definition) is 0. The number of methoxy groups -OCH3 is 2. The number of nitrogens with zero attached hydrogens (tertiary/aromatic N) is 1. The molecule has 1 aliphatic rings. The van der Waals surface area contributed by atoms with Crippen molar-refractivity contribution in [3.05, 3.63) is 84.4 Å². The van der Waals surface area contributed by atoms with Gasteiger partial charge in [0.25, 0.3) is 0 Å². The van der Waals surface area contributed by atoms with Crippen LogP contribution in [0.3, 0.4) is 0 Å². The van der Waals surface area contributed by atoms with Gasteiger partial charge in [0.1, 0.15) is 23.0 Å². The summed E-state index contributed by atoms with van der Waals surface area (Å²) in [6.07, 6.45) is 6.08. The number of piperidine rings is 1. The maximum absolute atomic E-state index is 6.67. The zero-order chi connectivity index (χ0) is 24.7. The molecule has 1 saturated heterocycles. The first-order chi connectivity index (χ1) is 17.7. The smallest absolute Gasteiger partial charge is 0.143 e. The van der Waals surface area contributed by atoms with E-state index >= 15 is 0 Å². The van der Waals surface area contributed by atoms with Crippen molar-refractivity contribution in [2.24, 2.45) is 0 Å². The van der Waals surface area contributed by atoms with E-state index in [1.165, 1.54) is 37.9 Å². The second-order valence-electron chi connectivity index (χ2n) is 9.48. The largest absolute Gasteiger partial charge is 0.497 e. The van der Waals surface area contributed by atoms with Gasteiger partial charge in [-0.15, -0.1) is 0 Å². The average molecular weight is 482 g/mol. The summed E-state index contributed by atoms with van der Waals surface area (Å²) in [4.78, 5) is 2.61. The van der Waals surface area contributed by atoms with Crippen molar-refractivity contribution in [1.82, 2.24) is 4.90 Å². The lowest BCUT2D eigenvalue weighted by Gasteiger charge is -2.26. The fourth-order valence-electron chi connectivity index (χ4n) is 5.22. The zero-order valence-corrected chi connectivity index (χ0v) is 21.3. The van der Waals surface area contributed by atoms with E-state index < -0.39 is 0 Å². The van der Waals surface area contributed by atoms with Gasteiger partial charge in [0, 0.05) is 10.9 Å². The van der Waals surface area contributed by atoms with Gasteiger partial charge in [-0.25, -0.2) is 0 Å². The Morgan fingerprint density at radius 2 is 1.47 bits per heavy atom. The molecule has 0 atom stereocenters. The van der Waals surface area contributed by atoms with Crippen LogP contribution in [0.15, 0.2) is 78.9 Å². The monoisotopic (exact) mass is 481 g/mol. The maximum atomic E-state index is 6.67. The van der Waals surface area contributed by atoms with Gasteiger partial charge in [0.15, 0.2) is 0 Å². The Hall–Kier alpha value is -3.50. The summed E-state index contributed by atoms with van der Waals surface area (Å²) in [6.45, 7) is 3.57. The average Bonchev–Trinajstić information content (AvgIpc) is 2.94. The Labute approximate surface area is 214 Å². The van der Waals surface area contributed by atoms with Crippen LogP contribution in [0, 0.1) is 0 Å². The number of benzene rings is 4. The van der Waals surface area contributed by atoms with E-state index in [0.29, 0.717) is 0 Å². The van der Waals surface area contributed by atoms with E-state index in [9.17, 15) is 0 Å². The van der Waals surface area contributed by atoms with E-state index in [1.54, 1.807) is 14.2 Å². The quantitative estimate of drug-likeness (QED) is 0.245. The van der Waals surface area contributed by atoms with Crippen molar-refractivity contribution in [3.8, 4) is 34.1 Å². The number of likely N-dealkylation sites (tertiary alicyclic amines) is 1. The fraction of sp³-hybridized carbons (Fsp3) is 0.312. The van der Waals surface area contributed by atoms with E-state index in [0.717, 1.165) is 64.3 Å². The first-order valence-corrected chi connectivity index (χ1v) is 13.0. The molecule has 1 fully saturated rings. The van der Waals surface area contributed by atoms with Crippen LogP contribution in [0.1, 0.15) is 31.2 Å².